The van der Waals surface area contributed by atoms with Crippen LogP contribution < -0.4 is 0 Å². The lowest BCUT2D eigenvalue weighted by atomic mass is 9.88. The zero-order valence-electron chi connectivity index (χ0n) is 13.1. The molecular weight excluding hydrogens is 284 g/mol. The smallest absolute Gasteiger partial charge is 0.340 e. The number of pyridine rings is 1. The Bertz CT molecular complexity index is 657. The standard InChI is InChI=1S/C16H20N2O2S/c1-6-20-15(19)11-7-8-12(13-9-21-10(2)17-13)18-14(11)16(3,4)5/h7-9H,6H2,1-5H3. The summed E-state index contributed by atoms with van der Waals surface area (Å²) in [4.78, 5) is 21.2. The van der Waals surface area contributed by atoms with Crippen molar-refractivity contribution in [1.82, 2.24) is 9.97 Å². The highest BCUT2D eigenvalue weighted by Crippen LogP contribution is 2.28. The van der Waals surface area contributed by atoms with Crippen LogP contribution in [0.25, 0.3) is 11.4 Å². The molecule has 5 heteroatoms. The second kappa shape index (κ2) is 5.93. The van der Waals surface area contributed by atoms with Gasteiger partial charge in [0.1, 0.15) is 0 Å². The molecule has 0 saturated heterocycles. The van der Waals surface area contributed by atoms with Gasteiger partial charge in [-0.2, -0.15) is 0 Å². The van der Waals surface area contributed by atoms with Gasteiger partial charge in [0.25, 0.3) is 0 Å². The van der Waals surface area contributed by atoms with Crippen LogP contribution in [0.1, 0.15) is 48.8 Å². The molecule has 21 heavy (non-hydrogen) atoms. The quantitative estimate of drug-likeness (QED) is 0.805. The van der Waals surface area contributed by atoms with Crippen molar-refractivity contribution in [2.75, 3.05) is 6.61 Å². The predicted molar refractivity (Wildman–Crippen MR) is 84.7 cm³/mol. The fraction of sp³-hybridized carbons (Fsp3) is 0.438. The largest absolute Gasteiger partial charge is 0.462 e. The van der Waals surface area contributed by atoms with Gasteiger partial charge in [-0.15, -0.1) is 11.3 Å². The minimum atomic E-state index is -0.323. The highest BCUT2D eigenvalue weighted by atomic mass is 32.1. The second-order valence-electron chi connectivity index (χ2n) is 5.81. The average Bonchev–Trinajstić information content (AvgIpc) is 2.84. The first-order valence-electron chi connectivity index (χ1n) is 6.94. The number of rotatable bonds is 3. The summed E-state index contributed by atoms with van der Waals surface area (Å²) >= 11 is 1.59. The summed E-state index contributed by atoms with van der Waals surface area (Å²) in [5.41, 5.74) is 2.66. The fourth-order valence-corrected chi connectivity index (χ4v) is 2.63. The lowest BCUT2D eigenvalue weighted by Gasteiger charge is -2.21. The Balaban J connectivity index is 2.52. The summed E-state index contributed by atoms with van der Waals surface area (Å²) in [5.74, 6) is -0.323. The van der Waals surface area contributed by atoms with Crippen molar-refractivity contribution >= 4 is 17.3 Å². The number of aryl methyl sites for hydroxylation is 1. The molecule has 4 nitrogen and oxygen atoms in total. The van der Waals surface area contributed by atoms with Crippen molar-refractivity contribution in [3.63, 3.8) is 0 Å². The first kappa shape index (κ1) is 15.6. The van der Waals surface area contributed by atoms with Gasteiger partial charge in [0.05, 0.1) is 34.3 Å². The van der Waals surface area contributed by atoms with Gasteiger partial charge in [0.2, 0.25) is 0 Å². The lowest BCUT2D eigenvalue weighted by Crippen LogP contribution is -2.20. The maximum Gasteiger partial charge on any atom is 0.340 e. The Morgan fingerprint density at radius 1 is 1.24 bits per heavy atom. The Labute approximate surface area is 129 Å². The molecule has 0 N–H and O–H groups in total. The molecule has 0 amide bonds. The van der Waals surface area contributed by atoms with Crippen LogP contribution in [0.2, 0.25) is 0 Å². The van der Waals surface area contributed by atoms with Crippen LogP contribution in [-0.2, 0) is 10.2 Å². The van der Waals surface area contributed by atoms with E-state index in [0.29, 0.717) is 12.2 Å². The summed E-state index contributed by atoms with van der Waals surface area (Å²) < 4.78 is 5.12. The van der Waals surface area contributed by atoms with E-state index in [1.165, 1.54) is 0 Å². The van der Waals surface area contributed by atoms with Gasteiger partial charge in [-0.25, -0.2) is 14.8 Å². The second-order valence-corrected chi connectivity index (χ2v) is 6.88. The molecule has 0 saturated carbocycles. The monoisotopic (exact) mass is 304 g/mol. The van der Waals surface area contributed by atoms with E-state index in [1.807, 2.05) is 39.1 Å². The highest BCUT2D eigenvalue weighted by molar-refractivity contribution is 7.09. The highest BCUT2D eigenvalue weighted by Gasteiger charge is 2.25. The predicted octanol–water partition coefficient (Wildman–Crippen LogP) is 3.99. The zero-order chi connectivity index (χ0) is 15.6. The molecule has 2 aromatic heterocycles. The van der Waals surface area contributed by atoms with Gasteiger partial charge in [-0.05, 0) is 26.0 Å². The molecule has 112 valence electrons. The summed E-state index contributed by atoms with van der Waals surface area (Å²) in [6.45, 7) is 10.2. The molecule has 0 fully saturated rings. The minimum absolute atomic E-state index is 0.247. The van der Waals surface area contributed by atoms with Crippen LogP contribution in [0, 0.1) is 6.92 Å². The molecule has 0 radical (unpaired) electrons. The Morgan fingerprint density at radius 2 is 1.95 bits per heavy atom. The minimum Gasteiger partial charge on any atom is -0.462 e. The van der Waals surface area contributed by atoms with E-state index >= 15 is 0 Å². The normalized spacial score (nSPS) is 11.5. The number of ether oxygens (including phenoxy) is 1. The van der Waals surface area contributed by atoms with Crippen molar-refractivity contribution in [2.45, 2.75) is 40.0 Å². The third-order valence-corrected chi connectivity index (χ3v) is 3.76. The van der Waals surface area contributed by atoms with Crippen molar-refractivity contribution in [2.24, 2.45) is 0 Å². The molecular formula is C16H20N2O2S. The number of nitrogens with zero attached hydrogens (tertiary/aromatic N) is 2. The van der Waals surface area contributed by atoms with Gasteiger partial charge < -0.3 is 4.74 Å². The van der Waals surface area contributed by atoms with Crippen LogP contribution in [0.5, 0.6) is 0 Å². The van der Waals surface area contributed by atoms with Gasteiger partial charge in [-0.1, -0.05) is 20.8 Å². The molecule has 0 aliphatic rings. The molecule has 2 aromatic rings. The molecule has 2 rings (SSSR count). The maximum absolute atomic E-state index is 12.1. The summed E-state index contributed by atoms with van der Waals surface area (Å²) in [7, 11) is 0. The molecule has 0 bridgehead atoms. The average molecular weight is 304 g/mol. The molecule has 0 spiro atoms. The summed E-state index contributed by atoms with van der Waals surface area (Å²) in [6, 6.07) is 3.62. The van der Waals surface area contributed by atoms with E-state index < -0.39 is 0 Å². The van der Waals surface area contributed by atoms with Crippen molar-refractivity contribution in [1.29, 1.82) is 0 Å². The summed E-state index contributed by atoms with van der Waals surface area (Å²) in [5, 5.41) is 2.98. The van der Waals surface area contributed by atoms with E-state index in [-0.39, 0.29) is 11.4 Å². The van der Waals surface area contributed by atoms with E-state index in [1.54, 1.807) is 24.3 Å². The molecule has 2 heterocycles. The molecule has 0 aromatic carbocycles. The Hall–Kier alpha value is -1.75. The molecule has 0 unspecified atom stereocenters. The number of carbonyl (C=O) groups is 1. The number of thiazole rings is 1. The number of hydrogen-bond acceptors (Lipinski definition) is 5. The van der Waals surface area contributed by atoms with Crippen molar-refractivity contribution < 1.29 is 9.53 Å². The SMILES string of the molecule is CCOC(=O)c1ccc(-c2csc(C)n2)nc1C(C)(C)C. The van der Waals surface area contributed by atoms with Crippen molar-refractivity contribution in [3.05, 3.63) is 33.8 Å². The van der Waals surface area contributed by atoms with Gasteiger partial charge in [0, 0.05) is 10.8 Å². The molecule has 0 aliphatic carbocycles. The Kier molecular flexibility index (Phi) is 4.42. The van der Waals surface area contributed by atoms with E-state index in [0.717, 1.165) is 22.1 Å². The van der Waals surface area contributed by atoms with Crippen LogP contribution >= 0.6 is 11.3 Å². The number of aromatic nitrogens is 2. The zero-order valence-corrected chi connectivity index (χ0v) is 13.9. The topological polar surface area (TPSA) is 52.1 Å². The molecule has 0 atom stereocenters. The van der Waals surface area contributed by atoms with Crippen LogP contribution in [-0.4, -0.2) is 22.5 Å². The van der Waals surface area contributed by atoms with Crippen molar-refractivity contribution in [3.8, 4) is 11.4 Å². The first-order chi connectivity index (χ1) is 9.82. The number of carbonyl (C=O) groups excluding carboxylic acids is 1. The first-order valence-corrected chi connectivity index (χ1v) is 7.82. The third-order valence-electron chi connectivity index (χ3n) is 2.98. The van der Waals surface area contributed by atoms with Crippen LogP contribution in [0.4, 0.5) is 0 Å². The van der Waals surface area contributed by atoms with Gasteiger partial charge >= 0.3 is 5.97 Å². The van der Waals surface area contributed by atoms with Crippen LogP contribution in [0.3, 0.4) is 0 Å². The lowest BCUT2D eigenvalue weighted by molar-refractivity contribution is 0.0523. The number of hydrogen-bond donors (Lipinski definition) is 0. The van der Waals surface area contributed by atoms with E-state index in [4.69, 9.17) is 4.74 Å². The van der Waals surface area contributed by atoms with Gasteiger partial charge in [-0.3, -0.25) is 0 Å². The van der Waals surface area contributed by atoms with E-state index in [2.05, 4.69) is 9.97 Å². The molecule has 0 aliphatic heterocycles. The summed E-state index contributed by atoms with van der Waals surface area (Å²) in [6.07, 6.45) is 0. The van der Waals surface area contributed by atoms with Crippen LogP contribution in [0.15, 0.2) is 17.5 Å². The Morgan fingerprint density at radius 3 is 2.48 bits per heavy atom. The van der Waals surface area contributed by atoms with Gasteiger partial charge in [0.15, 0.2) is 0 Å². The van der Waals surface area contributed by atoms with E-state index in [9.17, 15) is 4.79 Å². The maximum atomic E-state index is 12.1. The number of esters is 1. The fourth-order valence-electron chi connectivity index (χ4n) is 2.03. The third kappa shape index (κ3) is 3.47.